The van der Waals surface area contributed by atoms with Gasteiger partial charge in [0.25, 0.3) is 0 Å². The summed E-state index contributed by atoms with van der Waals surface area (Å²) in [6.07, 6.45) is 6.04. The van der Waals surface area contributed by atoms with Crippen LogP contribution in [0.5, 0.6) is 11.5 Å². The predicted molar refractivity (Wildman–Crippen MR) is 132 cm³/mol. The largest absolute Gasteiger partial charge is 0.494 e. The normalized spacial score (nSPS) is 19.8. The third-order valence-electron chi connectivity index (χ3n) is 7.26. The number of ether oxygens (including phenoxy) is 2. The minimum atomic E-state index is -0.233. The third kappa shape index (κ3) is 5.89. The molecule has 5 heteroatoms. The fourth-order valence-electron chi connectivity index (χ4n) is 5.25. The van der Waals surface area contributed by atoms with E-state index in [1.54, 1.807) is 0 Å². The number of likely N-dealkylation sites (tertiary alicyclic amines) is 1. The molecule has 0 saturated carbocycles. The lowest BCUT2D eigenvalue weighted by Crippen LogP contribution is -2.50. The van der Waals surface area contributed by atoms with Crippen molar-refractivity contribution in [3.05, 3.63) is 59.7 Å². The number of hydrogen-bond acceptors (Lipinski definition) is 4. The van der Waals surface area contributed by atoms with Crippen LogP contribution in [0.3, 0.4) is 0 Å². The zero-order valence-electron chi connectivity index (χ0n) is 20.2. The Labute approximate surface area is 198 Å². The second-order valence-corrected chi connectivity index (χ2v) is 9.52. The molecule has 1 saturated heterocycles. The third-order valence-corrected chi connectivity index (χ3v) is 7.26. The van der Waals surface area contributed by atoms with Gasteiger partial charge in [-0.3, -0.25) is 9.69 Å². The van der Waals surface area contributed by atoms with Crippen LogP contribution in [0.25, 0.3) is 0 Å². The van der Waals surface area contributed by atoms with Crippen LogP contribution < -0.4 is 9.47 Å². The highest BCUT2D eigenvalue weighted by Crippen LogP contribution is 2.39. The van der Waals surface area contributed by atoms with Crippen LogP contribution in [0.15, 0.2) is 48.5 Å². The Hall–Kier alpha value is -2.53. The van der Waals surface area contributed by atoms with Crippen molar-refractivity contribution in [2.24, 2.45) is 5.41 Å². The Balaban J connectivity index is 1.39. The van der Waals surface area contributed by atoms with Gasteiger partial charge in [0, 0.05) is 13.6 Å². The summed E-state index contributed by atoms with van der Waals surface area (Å²) in [5.41, 5.74) is 2.35. The zero-order chi connectivity index (χ0) is 23.1. The Morgan fingerprint density at radius 2 is 1.73 bits per heavy atom. The molecule has 0 atom stereocenters. The molecule has 1 spiro atoms. The number of carbonyl (C=O) groups excluding carboxylic acids is 1. The first-order chi connectivity index (χ1) is 16.1. The van der Waals surface area contributed by atoms with Crippen LogP contribution in [0, 0.1) is 5.41 Å². The van der Waals surface area contributed by atoms with Crippen LogP contribution in [-0.4, -0.2) is 55.6 Å². The van der Waals surface area contributed by atoms with Crippen molar-refractivity contribution >= 4 is 5.91 Å². The highest BCUT2D eigenvalue weighted by molar-refractivity contribution is 5.82. The highest BCUT2D eigenvalue weighted by atomic mass is 16.5. The molecule has 2 heterocycles. The quantitative estimate of drug-likeness (QED) is 0.662. The molecule has 4 rings (SSSR count). The van der Waals surface area contributed by atoms with Gasteiger partial charge in [0.2, 0.25) is 5.91 Å². The van der Waals surface area contributed by atoms with E-state index < -0.39 is 0 Å². The van der Waals surface area contributed by atoms with Gasteiger partial charge in [-0.25, -0.2) is 0 Å². The number of nitrogens with zero attached hydrogens (tertiary/aromatic N) is 2. The number of hydrogen-bond donors (Lipinski definition) is 0. The lowest BCUT2D eigenvalue weighted by Gasteiger charge is -2.43. The maximum atomic E-state index is 13.6. The molecule has 0 aromatic heterocycles. The molecule has 2 aliphatic heterocycles. The van der Waals surface area contributed by atoms with Crippen molar-refractivity contribution in [3.63, 3.8) is 0 Å². The number of amides is 1. The molecule has 1 fully saturated rings. The SMILES string of the molecule is CCOc1ccc(CN2CCC3(CCCCc4ccccc4OCCN(C)C3=O)CC2)cc1. The van der Waals surface area contributed by atoms with Gasteiger partial charge in [-0.2, -0.15) is 0 Å². The van der Waals surface area contributed by atoms with Gasteiger partial charge in [-0.1, -0.05) is 36.8 Å². The molecule has 1 amide bonds. The van der Waals surface area contributed by atoms with Crippen LogP contribution in [0.4, 0.5) is 0 Å². The molecule has 0 unspecified atom stereocenters. The smallest absolute Gasteiger partial charge is 0.228 e. The summed E-state index contributed by atoms with van der Waals surface area (Å²) in [6.45, 7) is 6.72. The number of piperidine rings is 1. The second-order valence-electron chi connectivity index (χ2n) is 9.52. The predicted octanol–water partition coefficient (Wildman–Crippen LogP) is 4.93. The van der Waals surface area contributed by atoms with Crippen LogP contribution in [0.2, 0.25) is 0 Å². The summed E-state index contributed by atoms with van der Waals surface area (Å²) in [7, 11) is 1.94. The monoisotopic (exact) mass is 450 g/mol. The van der Waals surface area contributed by atoms with Gasteiger partial charge in [-0.05, 0) is 81.4 Å². The second kappa shape index (κ2) is 11.1. The lowest BCUT2D eigenvalue weighted by molar-refractivity contribution is -0.145. The summed E-state index contributed by atoms with van der Waals surface area (Å²) in [6, 6.07) is 16.7. The minimum absolute atomic E-state index is 0.233. The minimum Gasteiger partial charge on any atom is -0.494 e. The number of benzene rings is 2. The van der Waals surface area contributed by atoms with Crippen LogP contribution >= 0.6 is 0 Å². The van der Waals surface area contributed by atoms with Gasteiger partial charge in [0.1, 0.15) is 18.1 Å². The molecule has 2 aromatic carbocycles. The molecule has 0 bridgehead atoms. The molecule has 0 aliphatic carbocycles. The van der Waals surface area contributed by atoms with Crippen molar-refractivity contribution in [2.45, 2.75) is 52.0 Å². The first-order valence-corrected chi connectivity index (χ1v) is 12.5. The maximum Gasteiger partial charge on any atom is 0.228 e. The van der Waals surface area contributed by atoms with Gasteiger partial charge < -0.3 is 14.4 Å². The van der Waals surface area contributed by atoms with Crippen molar-refractivity contribution in [1.29, 1.82) is 0 Å². The van der Waals surface area contributed by atoms with Crippen LogP contribution in [0.1, 0.15) is 50.2 Å². The molecule has 5 nitrogen and oxygen atoms in total. The Kier molecular flexibility index (Phi) is 7.92. The molecule has 178 valence electrons. The molecule has 2 aromatic rings. The summed E-state index contributed by atoms with van der Waals surface area (Å²) < 4.78 is 11.6. The highest BCUT2D eigenvalue weighted by Gasteiger charge is 2.42. The van der Waals surface area contributed by atoms with Crippen molar-refractivity contribution in [2.75, 3.05) is 39.9 Å². The molecular formula is C28H38N2O3. The van der Waals surface area contributed by atoms with E-state index in [4.69, 9.17) is 9.47 Å². The first-order valence-electron chi connectivity index (χ1n) is 12.5. The molecule has 0 N–H and O–H groups in total. The van der Waals surface area contributed by atoms with Crippen LogP contribution in [-0.2, 0) is 17.8 Å². The van der Waals surface area contributed by atoms with E-state index >= 15 is 0 Å². The number of para-hydroxylation sites is 1. The Bertz CT molecular complexity index is 904. The maximum absolute atomic E-state index is 13.6. The van der Waals surface area contributed by atoms with E-state index in [9.17, 15) is 4.79 Å². The van der Waals surface area contributed by atoms with E-state index in [1.807, 2.05) is 31.0 Å². The average Bonchev–Trinajstić information content (AvgIpc) is 2.84. The fraction of sp³-hybridized carbons (Fsp3) is 0.536. The Morgan fingerprint density at radius 3 is 2.48 bits per heavy atom. The number of likely N-dealkylation sites (N-methyl/N-ethyl adjacent to an activating group) is 1. The summed E-state index contributed by atoms with van der Waals surface area (Å²) in [5.74, 6) is 2.20. The number of fused-ring (bicyclic) bond motifs is 1. The van der Waals surface area contributed by atoms with Gasteiger partial charge in [0.15, 0.2) is 0 Å². The molecule has 33 heavy (non-hydrogen) atoms. The Morgan fingerprint density at radius 1 is 0.970 bits per heavy atom. The van der Waals surface area contributed by atoms with E-state index in [1.165, 1.54) is 11.1 Å². The number of carbonyl (C=O) groups is 1. The van der Waals surface area contributed by atoms with Gasteiger partial charge in [0.05, 0.1) is 18.6 Å². The van der Waals surface area contributed by atoms with E-state index in [-0.39, 0.29) is 5.41 Å². The molecular weight excluding hydrogens is 412 g/mol. The number of rotatable bonds is 4. The summed E-state index contributed by atoms with van der Waals surface area (Å²) in [5, 5.41) is 0. The topological polar surface area (TPSA) is 42.0 Å². The van der Waals surface area contributed by atoms with Gasteiger partial charge >= 0.3 is 0 Å². The standard InChI is InChI=1S/C28H38N2O3/c1-3-32-25-13-11-23(12-14-25)22-30-18-16-28(17-19-30)15-7-6-9-24-8-4-5-10-26(24)33-21-20-29(2)27(28)31/h4-5,8,10-14H,3,6-7,9,15-22H2,1-2H3. The first kappa shape index (κ1) is 23.6. The van der Waals surface area contributed by atoms with E-state index in [0.29, 0.717) is 25.7 Å². The van der Waals surface area contributed by atoms with E-state index in [0.717, 1.165) is 69.7 Å². The summed E-state index contributed by atoms with van der Waals surface area (Å²) >= 11 is 0. The molecule has 2 aliphatic rings. The fourth-order valence-corrected chi connectivity index (χ4v) is 5.25. The molecule has 0 radical (unpaired) electrons. The van der Waals surface area contributed by atoms with Crippen molar-refractivity contribution in [3.8, 4) is 11.5 Å². The van der Waals surface area contributed by atoms with Gasteiger partial charge in [-0.15, -0.1) is 0 Å². The average molecular weight is 451 g/mol. The van der Waals surface area contributed by atoms with Crippen molar-refractivity contribution in [1.82, 2.24) is 9.80 Å². The number of aryl methyl sites for hydroxylation is 1. The lowest BCUT2D eigenvalue weighted by atomic mass is 9.73. The zero-order valence-corrected chi connectivity index (χ0v) is 20.2. The van der Waals surface area contributed by atoms with E-state index in [2.05, 4.69) is 41.3 Å². The summed E-state index contributed by atoms with van der Waals surface area (Å²) in [4.78, 5) is 18.0. The van der Waals surface area contributed by atoms with Crippen molar-refractivity contribution < 1.29 is 14.3 Å².